The van der Waals surface area contributed by atoms with E-state index < -0.39 is 10.8 Å². The Kier molecular flexibility index (Phi) is 7.41. The van der Waals surface area contributed by atoms with Crippen molar-refractivity contribution >= 4 is 23.7 Å². The summed E-state index contributed by atoms with van der Waals surface area (Å²) in [4.78, 5) is 34.2. The number of carbonyl (C=O) groups excluding carboxylic acids is 2. The standard InChI is InChI=1S/C20H22N4O5/c1-13(2)22-19(25)12-29-16-9-7-15(8-10-16)11-21-23-20(26)17-5-4-6-18(14(17)3)24(27)28/h4-11,13H,12H2,1-3H3,(H,22,25)(H,23,26)/b21-11-. The molecule has 0 saturated carbocycles. The summed E-state index contributed by atoms with van der Waals surface area (Å²) in [5.41, 5.74) is 3.37. The molecule has 0 bridgehead atoms. The maximum atomic E-state index is 12.2. The molecule has 152 valence electrons. The van der Waals surface area contributed by atoms with Gasteiger partial charge in [0.1, 0.15) is 5.75 Å². The second-order valence-electron chi connectivity index (χ2n) is 6.49. The summed E-state index contributed by atoms with van der Waals surface area (Å²) in [5.74, 6) is -0.222. The number of carbonyl (C=O) groups is 2. The average molecular weight is 398 g/mol. The minimum atomic E-state index is -0.543. The summed E-state index contributed by atoms with van der Waals surface area (Å²) in [6.07, 6.45) is 1.43. The highest BCUT2D eigenvalue weighted by molar-refractivity contribution is 5.97. The molecule has 2 rings (SSSR count). The Bertz CT molecular complexity index is 923. The summed E-state index contributed by atoms with van der Waals surface area (Å²) < 4.78 is 5.39. The normalized spacial score (nSPS) is 10.8. The Morgan fingerprint density at radius 1 is 1.21 bits per heavy atom. The summed E-state index contributed by atoms with van der Waals surface area (Å²) in [5, 5.41) is 17.6. The van der Waals surface area contributed by atoms with E-state index in [9.17, 15) is 19.7 Å². The van der Waals surface area contributed by atoms with Gasteiger partial charge in [0.05, 0.1) is 16.7 Å². The van der Waals surface area contributed by atoms with Crippen molar-refractivity contribution in [1.29, 1.82) is 0 Å². The number of amides is 2. The van der Waals surface area contributed by atoms with E-state index in [1.165, 1.54) is 31.3 Å². The Labute approximate surface area is 167 Å². The highest BCUT2D eigenvalue weighted by atomic mass is 16.6. The predicted molar refractivity (Wildman–Crippen MR) is 108 cm³/mol. The first-order chi connectivity index (χ1) is 13.8. The molecule has 9 heteroatoms. The fourth-order valence-electron chi connectivity index (χ4n) is 2.46. The average Bonchev–Trinajstić information content (AvgIpc) is 2.66. The molecular formula is C20H22N4O5. The van der Waals surface area contributed by atoms with Gasteiger partial charge in [-0.25, -0.2) is 5.43 Å². The van der Waals surface area contributed by atoms with Gasteiger partial charge in [-0.1, -0.05) is 6.07 Å². The Morgan fingerprint density at radius 2 is 1.90 bits per heavy atom. The van der Waals surface area contributed by atoms with Gasteiger partial charge < -0.3 is 10.1 Å². The van der Waals surface area contributed by atoms with Crippen molar-refractivity contribution in [3.05, 3.63) is 69.3 Å². The third-order valence-corrected chi connectivity index (χ3v) is 3.83. The van der Waals surface area contributed by atoms with Gasteiger partial charge in [0.15, 0.2) is 6.61 Å². The van der Waals surface area contributed by atoms with Crippen molar-refractivity contribution in [3.63, 3.8) is 0 Å². The van der Waals surface area contributed by atoms with E-state index in [0.29, 0.717) is 11.3 Å². The molecule has 0 aliphatic rings. The number of nitrogens with one attached hydrogen (secondary N) is 2. The molecule has 2 N–H and O–H groups in total. The molecule has 0 radical (unpaired) electrons. The van der Waals surface area contributed by atoms with Crippen LogP contribution in [0.3, 0.4) is 0 Å². The molecular weight excluding hydrogens is 376 g/mol. The van der Waals surface area contributed by atoms with E-state index in [1.54, 1.807) is 24.3 Å². The highest BCUT2D eigenvalue weighted by Crippen LogP contribution is 2.20. The van der Waals surface area contributed by atoms with Crippen LogP contribution in [0.25, 0.3) is 0 Å². The van der Waals surface area contributed by atoms with Gasteiger partial charge in [0, 0.05) is 17.7 Å². The second kappa shape index (κ2) is 9.98. The van der Waals surface area contributed by atoms with E-state index in [2.05, 4.69) is 15.8 Å². The zero-order chi connectivity index (χ0) is 21.4. The van der Waals surface area contributed by atoms with E-state index in [4.69, 9.17) is 4.74 Å². The molecule has 0 aliphatic carbocycles. The van der Waals surface area contributed by atoms with E-state index in [0.717, 1.165) is 0 Å². The molecule has 0 aromatic heterocycles. The fraction of sp³-hybridized carbons (Fsp3) is 0.250. The third kappa shape index (κ3) is 6.42. The molecule has 0 atom stereocenters. The molecule has 29 heavy (non-hydrogen) atoms. The molecule has 0 spiro atoms. The van der Waals surface area contributed by atoms with Crippen molar-refractivity contribution in [2.24, 2.45) is 5.10 Å². The Hall–Kier alpha value is -3.75. The molecule has 0 unspecified atom stereocenters. The molecule has 9 nitrogen and oxygen atoms in total. The zero-order valence-electron chi connectivity index (χ0n) is 16.3. The number of hydrogen-bond donors (Lipinski definition) is 2. The van der Waals surface area contributed by atoms with Crippen LogP contribution in [0, 0.1) is 17.0 Å². The number of hydrazone groups is 1. The first-order valence-corrected chi connectivity index (χ1v) is 8.87. The topological polar surface area (TPSA) is 123 Å². The lowest BCUT2D eigenvalue weighted by molar-refractivity contribution is -0.385. The van der Waals surface area contributed by atoms with Crippen LogP contribution in [0.15, 0.2) is 47.6 Å². The van der Waals surface area contributed by atoms with E-state index in [1.807, 2.05) is 13.8 Å². The molecule has 2 amide bonds. The molecule has 0 aliphatic heterocycles. The van der Waals surface area contributed by atoms with Crippen LogP contribution in [0.4, 0.5) is 5.69 Å². The lowest BCUT2D eigenvalue weighted by atomic mass is 10.1. The quantitative estimate of drug-likeness (QED) is 0.402. The largest absolute Gasteiger partial charge is 0.484 e. The van der Waals surface area contributed by atoms with Crippen molar-refractivity contribution < 1.29 is 19.2 Å². The smallest absolute Gasteiger partial charge is 0.273 e. The summed E-state index contributed by atoms with van der Waals surface area (Å²) in [6, 6.07) is 11.1. The van der Waals surface area contributed by atoms with Crippen molar-refractivity contribution in [3.8, 4) is 5.75 Å². The lowest BCUT2D eigenvalue weighted by Crippen LogP contribution is -2.34. The van der Waals surface area contributed by atoms with Crippen LogP contribution in [-0.2, 0) is 4.79 Å². The predicted octanol–water partition coefficient (Wildman–Crippen LogP) is 2.57. The summed E-state index contributed by atoms with van der Waals surface area (Å²) >= 11 is 0. The zero-order valence-corrected chi connectivity index (χ0v) is 16.3. The number of nitro benzene ring substituents is 1. The molecule has 2 aromatic rings. The van der Waals surface area contributed by atoms with Crippen LogP contribution in [0.5, 0.6) is 5.75 Å². The molecule has 2 aromatic carbocycles. The maximum Gasteiger partial charge on any atom is 0.273 e. The minimum Gasteiger partial charge on any atom is -0.484 e. The summed E-state index contributed by atoms with van der Waals surface area (Å²) in [7, 11) is 0. The number of benzene rings is 2. The van der Waals surface area contributed by atoms with E-state index >= 15 is 0 Å². The van der Waals surface area contributed by atoms with Crippen molar-refractivity contribution in [2.45, 2.75) is 26.8 Å². The minimum absolute atomic E-state index is 0.0470. The second-order valence-corrected chi connectivity index (χ2v) is 6.49. The van der Waals surface area contributed by atoms with Gasteiger partial charge in [-0.2, -0.15) is 5.10 Å². The highest BCUT2D eigenvalue weighted by Gasteiger charge is 2.17. The van der Waals surface area contributed by atoms with Gasteiger partial charge in [-0.3, -0.25) is 19.7 Å². The van der Waals surface area contributed by atoms with Crippen LogP contribution in [0.1, 0.15) is 35.3 Å². The number of hydrogen-bond acceptors (Lipinski definition) is 6. The van der Waals surface area contributed by atoms with Crippen molar-refractivity contribution in [2.75, 3.05) is 6.61 Å². The first-order valence-electron chi connectivity index (χ1n) is 8.87. The monoisotopic (exact) mass is 398 g/mol. The Morgan fingerprint density at radius 3 is 2.52 bits per heavy atom. The number of ether oxygens (including phenoxy) is 1. The number of nitro groups is 1. The van der Waals surface area contributed by atoms with Gasteiger partial charge in [-0.05, 0) is 56.7 Å². The van der Waals surface area contributed by atoms with Crippen LogP contribution < -0.4 is 15.5 Å². The molecule has 0 fully saturated rings. The first kappa shape index (κ1) is 21.5. The number of nitrogens with zero attached hydrogens (tertiary/aromatic N) is 2. The molecule has 0 saturated heterocycles. The lowest BCUT2D eigenvalue weighted by Gasteiger charge is -2.09. The maximum absolute atomic E-state index is 12.2. The Balaban J connectivity index is 1.92. The third-order valence-electron chi connectivity index (χ3n) is 3.83. The van der Waals surface area contributed by atoms with Crippen LogP contribution in [0.2, 0.25) is 0 Å². The van der Waals surface area contributed by atoms with Crippen LogP contribution >= 0.6 is 0 Å². The fourth-order valence-corrected chi connectivity index (χ4v) is 2.46. The number of rotatable bonds is 8. The van der Waals surface area contributed by atoms with Gasteiger partial charge in [-0.15, -0.1) is 0 Å². The van der Waals surface area contributed by atoms with Gasteiger partial charge in [0.2, 0.25) is 0 Å². The summed E-state index contributed by atoms with van der Waals surface area (Å²) in [6.45, 7) is 5.16. The SMILES string of the molecule is Cc1c(C(=O)N/N=C\c2ccc(OCC(=O)NC(C)C)cc2)cccc1[N+](=O)[O-]. The van der Waals surface area contributed by atoms with Crippen LogP contribution in [-0.4, -0.2) is 35.6 Å². The van der Waals surface area contributed by atoms with Gasteiger partial charge >= 0.3 is 0 Å². The van der Waals surface area contributed by atoms with Crippen molar-refractivity contribution in [1.82, 2.24) is 10.7 Å². The van der Waals surface area contributed by atoms with E-state index in [-0.39, 0.29) is 35.4 Å². The van der Waals surface area contributed by atoms with Gasteiger partial charge in [0.25, 0.3) is 17.5 Å². The molecule has 0 heterocycles.